The smallest absolute Gasteiger partial charge is 0.258 e. The molecule has 4 aromatic rings. The van der Waals surface area contributed by atoms with Gasteiger partial charge in [-0.2, -0.15) is 0 Å². The number of benzene rings is 3. The Morgan fingerprint density at radius 1 is 0.818 bits per heavy atom. The lowest BCUT2D eigenvalue weighted by Crippen LogP contribution is -2.42. The molecular weight excluding hydrogens is 416 g/mol. The molecule has 0 fully saturated rings. The Kier molecular flexibility index (Phi) is 5.97. The van der Waals surface area contributed by atoms with E-state index in [4.69, 9.17) is 13.9 Å². The van der Waals surface area contributed by atoms with Crippen LogP contribution in [0.4, 0.5) is 5.69 Å². The van der Waals surface area contributed by atoms with Crippen LogP contribution in [-0.2, 0) is 6.54 Å². The third-order valence-electron chi connectivity index (χ3n) is 5.47. The van der Waals surface area contributed by atoms with E-state index in [0.717, 1.165) is 28.5 Å². The number of ether oxygens (including phenoxy) is 2. The van der Waals surface area contributed by atoms with Gasteiger partial charge in [0.1, 0.15) is 36.6 Å². The van der Waals surface area contributed by atoms with Crippen molar-refractivity contribution in [3.8, 4) is 11.5 Å². The first-order valence-corrected chi connectivity index (χ1v) is 10.9. The lowest BCUT2D eigenvalue weighted by molar-refractivity contribution is 0.0651. The number of nitrogens with zero attached hydrogens (tertiary/aromatic N) is 1. The minimum absolute atomic E-state index is 0.0478. The number of furan rings is 1. The summed E-state index contributed by atoms with van der Waals surface area (Å²) in [5, 5.41) is 3.51. The summed E-state index contributed by atoms with van der Waals surface area (Å²) in [6.45, 7) is 1.20. The predicted molar refractivity (Wildman–Crippen MR) is 125 cm³/mol. The average Bonchev–Trinajstić information content (AvgIpc) is 3.38. The molecule has 1 unspecified atom stereocenters. The van der Waals surface area contributed by atoms with Gasteiger partial charge >= 0.3 is 0 Å². The summed E-state index contributed by atoms with van der Waals surface area (Å²) in [6, 6.07) is 28.7. The van der Waals surface area contributed by atoms with Gasteiger partial charge in [-0.1, -0.05) is 42.5 Å². The van der Waals surface area contributed by atoms with Gasteiger partial charge in [-0.3, -0.25) is 4.79 Å². The van der Waals surface area contributed by atoms with Crippen LogP contribution < -0.4 is 14.8 Å². The highest BCUT2D eigenvalue weighted by Crippen LogP contribution is 2.35. The molecule has 1 atom stereocenters. The molecule has 0 bridgehead atoms. The van der Waals surface area contributed by atoms with Gasteiger partial charge in [-0.15, -0.1) is 0 Å². The summed E-state index contributed by atoms with van der Waals surface area (Å²) in [7, 11) is 0. The zero-order chi connectivity index (χ0) is 22.5. The van der Waals surface area contributed by atoms with Crippen LogP contribution in [0.1, 0.15) is 27.8 Å². The molecule has 6 nitrogen and oxygen atoms in total. The number of hydrogen-bond donors (Lipinski definition) is 1. The van der Waals surface area contributed by atoms with Gasteiger partial charge in [-0.25, -0.2) is 0 Å². The lowest BCUT2D eigenvalue weighted by atomic mass is 10.0. The van der Waals surface area contributed by atoms with E-state index in [0.29, 0.717) is 25.3 Å². The van der Waals surface area contributed by atoms with Gasteiger partial charge in [-0.05, 0) is 54.1 Å². The highest BCUT2D eigenvalue weighted by Gasteiger charge is 2.33. The van der Waals surface area contributed by atoms with Gasteiger partial charge in [0.2, 0.25) is 0 Å². The van der Waals surface area contributed by atoms with Gasteiger partial charge in [0.15, 0.2) is 0 Å². The van der Waals surface area contributed by atoms with E-state index in [2.05, 4.69) is 5.32 Å². The zero-order valence-electron chi connectivity index (χ0n) is 18.0. The molecule has 5 rings (SSSR count). The third-order valence-corrected chi connectivity index (χ3v) is 5.47. The summed E-state index contributed by atoms with van der Waals surface area (Å²) in [4.78, 5) is 15.1. The van der Waals surface area contributed by atoms with Crippen LogP contribution in [0.3, 0.4) is 0 Å². The van der Waals surface area contributed by atoms with Crippen LogP contribution in [0.25, 0.3) is 0 Å². The minimum atomic E-state index is -0.360. The Labute approximate surface area is 192 Å². The number of hydrogen-bond acceptors (Lipinski definition) is 5. The minimum Gasteiger partial charge on any atom is -0.490 e. The monoisotopic (exact) mass is 440 g/mol. The normalized spacial score (nSPS) is 15.0. The second-order valence-corrected chi connectivity index (χ2v) is 7.69. The molecule has 2 heterocycles. The van der Waals surface area contributed by atoms with Crippen molar-refractivity contribution in [3.05, 3.63) is 114 Å². The molecule has 0 radical (unpaired) electrons. The molecule has 0 aliphatic carbocycles. The molecule has 0 saturated carbocycles. The lowest BCUT2D eigenvalue weighted by Gasteiger charge is -2.37. The fourth-order valence-electron chi connectivity index (χ4n) is 3.90. The maximum Gasteiger partial charge on any atom is 0.258 e. The van der Waals surface area contributed by atoms with Crippen LogP contribution >= 0.6 is 0 Å². The van der Waals surface area contributed by atoms with E-state index < -0.39 is 0 Å². The molecule has 1 N–H and O–H groups in total. The largest absolute Gasteiger partial charge is 0.490 e. The van der Waals surface area contributed by atoms with Crippen molar-refractivity contribution in [1.82, 2.24) is 4.90 Å². The van der Waals surface area contributed by atoms with E-state index in [9.17, 15) is 4.79 Å². The topological polar surface area (TPSA) is 63.9 Å². The van der Waals surface area contributed by atoms with Crippen molar-refractivity contribution in [2.75, 3.05) is 18.5 Å². The van der Waals surface area contributed by atoms with Crippen molar-refractivity contribution >= 4 is 11.6 Å². The van der Waals surface area contributed by atoms with Crippen molar-refractivity contribution in [2.24, 2.45) is 0 Å². The van der Waals surface area contributed by atoms with Gasteiger partial charge in [0, 0.05) is 5.69 Å². The highest BCUT2D eigenvalue weighted by atomic mass is 16.5. The summed E-state index contributed by atoms with van der Waals surface area (Å²) in [6.07, 6.45) is 1.26. The second-order valence-electron chi connectivity index (χ2n) is 7.69. The molecule has 1 aliphatic heterocycles. The molecule has 1 aliphatic rings. The SMILES string of the molecule is O=C1c2ccccc2NC(c2cccc(OCCOc3ccccc3)c2)N1Cc1ccco1. The molecule has 33 heavy (non-hydrogen) atoms. The van der Waals surface area contributed by atoms with Crippen molar-refractivity contribution in [2.45, 2.75) is 12.7 Å². The Hall–Kier alpha value is -4.19. The van der Waals surface area contributed by atoms with Crippen molar-refractivity contribution in [3.63, 3.8) is 0 Å². The fraction of sp³-hybridized carbons (Fsp3) is 0.148. The first kappa shape index (κ1) is 20.7. The molecular formula is C27H24N2O4. The van der Waals surface area contributed by atoms with E-state index >= 15 is 0 Å². The fourth-order valence-corrected chi connectivity index (χ4v) is 3.90. The molecule has 1 aromatic heterocycles. The Balaban J connectivity index is 1.33. The molecule has 0 spiro atoms. The Bertz CT molecular complexity index is 1210. The number of carbonyl (C=O) groups excluding carboxylic acids is 1. The number of rotatable bonds is 8. The highest BCUT2D eigenvalue weighted by molar-refractivity contribution is 6.01. The standard InChI is InChI=1S/C27H24N2O4/c30-27-24-13-4-5-14-25(24)28-26(29(27)19-23-12-7-15-31-23)20-8-6-11-22(18-20)33-17-16-32-21-9-2-1-3-10-21/h1-15,18,26,28H,16-17,19H2. The van der Waals surface area contributed by atoms with Gasteiger partial charge in [0.05, 0.1) is 18.4 Å². The molecule has 3 aromatic carbocycles. The molecule has 1 amide bonds. The maximum atomic E-state index is 13.4. The van der Waals surface area contributed by atoms with Crippen LogP contribution in [0.2, 0.25) is 0 Å². The Morgan fingerprint density at radius 3 is 2.39 bits per heavy atom. The van der Waals surface area contributed by atoms with E-state index in [1.165, 1.54) is 0 Å². The third kappa shape index (κ3) is 4.70. The average molecular weight is 440 g/mol. The molecule has 166 valence electrons. The van der Waals surface area contributed by atoms with E-state index in [-0.39, 0.29) is 12.1 Å². The number of nitrogens with one attached hydrogen (secondary N) is 1. The quantitative estimate of drug-likeness (QED) is 0.366. The first-order valence-electron chi connectivity index (χ1n) is 10.9. The Morgan fingerprint density at radius 2 is 1.58 bits per heavy atom. The van der Waals surface area contributed by atoms with Crippen LogP contribution in [-0.4, -0.2) is 24.0 Å². The van der Waals surface area contributed by atoms with Crippen LogP contribution in [0, 0.1) is 0 Å². The van der Waals surface area contributed by atoms with Crippen molar-refractivity contribution < 1.29 is 18.7 Å². The number of anilines is 1. The summed E-state index contributed by atoms with van der Waals surface area (Å²) >= 11 is 0. The van der Waals surface area contributed by atoms with Crippen LogP contribution in [0.5, 0.6) is 11.5 Å². The summed E-state index contributed by atoms with van der Waals surface area (Å²) in [5.41, 5.74) is 2.38. The van der Waals surface area contributed by atoms with Crippen molar-refractivity contribution in [1.29, 1.82) is 0 Å². The summed E-state index contributed by atoms with van der Waals surface area (Å²) in [5.74, 6) is 2.20. The number of carbonyl (C=O) groups is 1. The first-order chi connectivity index (χ1) is 16.3. The number of para-hydroxylation sites is 2. The van der Waals surface area contributed by atoms with E-state index in [1.807, 2.05) is 91.0 Å². The number of fused-ring (bicyclic) bond motifs is 1. The molecule has 0 saturated heterocycles. The van der Waals surface area contributed by atoms with E-state index in [1.54, 1.807) is 11.2 Å². The summed E-state index contributed by atoms with van der Waals surface area (Å²) < 4.78 is 17.1. The maximum absolute atomic E-state index is 13.4. The second kappa shape index (κ2) is 9.53. The van der Waals surface area contributed by atoms with Gasteiger partial charge < -0.3 is 24.1 Å². The molecule has 6 heteroatoms. The zero-order valence-corrected chi connectivity index (χ0v) is 18.0. The van der Waals surface area contributed by atoms with Gasteiger partial charge in [0.25, 0.3) is 5.91 Å². The van der Waals surface area contributed by atoms with Crippen LogP contribution in [0.15, 0.2) is 102 Å². The predicted octanol–water partition coefficient (Wildman–Crippen LogP) is 5.50. The number of amides is 1.